The van der Waals surface area contributed by atoms with Crippen LogP contribution in [0.1, 0.15) is 31.7 Å². The molecule has 1 heterocycles. The van der Waals surface area contributed by atoms with Gasteiger partial charge in [-0.1, -0.05) is 17.7 Å². The molecule has 1 saturated carbocycles. The van der Waals surface area contributed by atoms with E-state index in [9.17, 15) is 0 Å². The van der Waals surface area contributed by atoms with Crippen LogP contribution in [-0.2, 0) is 5.41 Å². The maximum Gasteiger partial charge on any atom is 0.138 e. The van der Waals surface area contributed by atoms with Crippen LogP contribution in [0.15, 0.2) is 18.2 Å². The molecular formula is C15H20ClNOS. The van der Waals surface area contributed by atoms with Crippen LogP contribution in [-0.4, -0.2) is 23.7 Å². The molecule has 104 valence electrons. The maximum absolute atomic E-state index is 6.37. The van der Waals surface area contributed by atoms with E-state index in [1.54, 1.807) is 0 Å². The molecule has 0 radical (unpaired) electrons. The van der Waals surface area contributed by atoms with Gasteiger partial charge in [-0.25, -0.2) is 0 Å². The fraction of sp³-hybridized carbons (Fsp3) is 0.600. The lowest BCUT2D eigenvalue weighted by Gasteiger charge is -2.21. The second-order valence-corrected chi connectivity index (χ2v) is 7.25. The summed E-state index contributed by atoms with van der Waals surface area (Å²) in [7, 11) is 0. The van der Waals surface area contributed by atoms with Crippen molar-refractivity contribution in [3.8, 4) is 5.75 Å². The number of benzene rings is 1. The first kappa shape index (κ1) is 13.6. The Balaban J connectivity index is 1.78. The summed E-state index contributed by atoms with van der Waals surface area (Å²) in [4.78, 5) is 0. The largest absolute Gasteiger partial charge is 0.488 e. The number of rotatable bonds is 4. The van der Waals surface area contributed by atoms with Gasteiger partial charge in [-0.05, 0) is 49.6 Å². The van der Waals surface area contributed by atoms with Crippen LogP contribution in [0, 0.1) is 0 Å². The van der Waals surface area contributed by atoms with Crippen molar-refractivity contribution in [3.05, 3.63) is 28.8 Å². The molecule has 2 unspecified atom stereocenters. The van der Waals surface area contributed by atoms with E-state index in [0.717, 1.165) is 22.9 Å². The normalized spacial score (nSPS) is 26.2. The summed E-state index contributed by atoms with van der Waals surface area (Å²) in [6.45, 7) is 2.08. The highest BCUT2D eigenvalue weighted by molar-refractivity contribution is 7.99. The molecule has 1 aliphatic carbocycles. The Morgan fingerprint density at radius 3 is 2.79 bits per heavy atom. The summed E-state index contributed by atoms with van der Waals surface area (Å²) in [5.74, 6) is 3.08. The van der Waals surface area contributed by atoms with Gasteiger partial charge in [0.2, 0.25) is 0 Å². The third kappa shape index (κ3) is 2.61. The molecule has 1 aromatic rings. The molecular weight excluding hydrogens is 278 g/mol. The molecule has 2 N–H and O–H groups in total. The molecule has 0 spiro atoms. The highest BCUT2D eigenvalue weighted by Gasteiger charge is 2.47. The van der Waals surface area contributed by atoms with E-state index >= 15 is 0 Å². The first-order valence-corrected chi connectivity index (χ1v) is 8.45. The third-order valence-corrected chi connectivity index (χ3v) is 5.78. The molecule has 4 heteroatoms. The highest BCUT2D eigenvalue weighted by atomic mass is 35.5. The van der Waals surface area contributed by atoms with Crippen LogP contribution in [0.25, 0.3) is 0 Å². The van der Waals surface area contributed by atoms with Crippen molar-refractivity contribution in [2.75, 3.05) is 11.5 Å². The van der Waals surface area contributed by atoms with Crippen LogP contribution in [0.3, 0.4) is 0 Å². The average Bonchev–Trinajstić information content (AvgIpc) is 3.05. The fourth-order valence-electron chi connectivity index (χ4n) is 2.83. The van der Waals surface area contributed by atoms with Gasteiger partial charge in [-0.15, -0.1) is 0 Å². The first-order chi connectivity index (χ1) is 9.12. The van der Waals surface area contributed by atoms with Crippen LogP contribution in [0.2, 0.25) is 5.02 Å². The topological polar surface area (TPSA) is 35.2 Å². The van der Waals surface area contributed by atoms with Gasteiger partial charge in [0, 0.05) is 17.2 Å². The summed E-state index contributed by atoms with van der Waals surface area (Å²) >= 11 is 8.32. The van der Waals surface area contributed by atoms with Crippen LogP contribution >= 0.6 is 23.4 Å². The van der Waals surface area contributed by atoms with Gasteiger partial charge in [0.05, 0.1) is 5.02 Å². The Kier molecular flexibility index (Phi) is 3.71. The van der Waals surface area contributed by atoms with Gasteiger partial charge in [-0.2, -0.15) is 11.8 Å². The SMILES string of the molecule is CC(N)C1(c2ccc(OC3CCSC3)c(Cl)c2)CC1. The lowest BCUT2D eigenvalue weighted by Crippen LogP contribution is -2.31. The molecule has 0 bridgehead atoms. The minimum atomic E-state index is 0.158. The van der Waals surface area contributed by atoms with Crippen molar-refractivity contribution in [3.63, 3.8) is 0 Å². The second-order valence-electron chi connectivity index (χ2n) is 5.69. The predicted octanol–water partition coefficient (Wildman–Crippen LogP) is 3.60. The zero-order chi connectivity index (χ0) is 13.5. The van der Waals surface area contributed by atoms with Crippen molar-refractivity contribution in [2.45, 2.75) is 43.7 Å². The Labute approximate surface area is 124 Å². The molecule has 1 aliphatic heterocycles. The van der Waals surface area contributed by atoms with E-state index in [-0.39, 0.29) is 11.5 Å². The van der Waals surface area contributed by atoms with Gasteiger partial charge >= 0.3 is 0 Å². The minimum absolute atomic E-state index is 0.158. The second kappa shape index (κ2) is 5.19. The van der Waals surface area contributed by atoms with E-state index in [0.29, 0.717) is 6.10 Å². The van der Waals surface area contributed by atoms with Gasteiger partial charge in [0.1, 0.15) is 11.9 Å². The minimum Gasteiger partial charge on any atom is -0.488 e. The number of hydrogen-bond donors (Lipinski definition) is 1. The van der Waals surface area contributed by atoms with Crippen molar-refractivity contribution >= 4 is 23.4 Å². The zero-order valence-electron chi connectivity index (χ0n) is 11.2. The molecule has 2 nitrogen and oxygen atoms in total. The number of hydrogen-bond acceptors (Lipinski definition) is 3. The molecule has 19 heavy (non-hydrogen) atoms. The number of thioether (sulfide) groups is 1. The lowest BCUT2D eigenvalue weighted by molar-refractivity contribution is 0.229. The smallest absolute Gasteiger partial charge is 0.138 e. The standard InChI is InChI=1S/C15H20ClNOS/c1-10(17)15(5-6-15)11-2-3-14(13(16)8-11)18-12-4-7-19-9-12/h2-3,8,10,12H,4-7,9,17H2,1H3. The monoisotopic (exact) mass is 297 g/mol. The summed E-state index contributed by atoms with van der Waals surface area (Å²) in [6.07, 6.45) is 3.77. The Bertz CT molecular complexity index is 467. The maximum atomic E-state index is 6.37. The number of ether oxygens (including phenoxy) is 1. The molecule has 1 saturated heterocycles. The summed E-state index contributed by atoms with van der Waals surface area (Å²) in [6, 6.07) is 6.39. The van der Waals surface area contributed by atoms with Crippen molar-refractivity contribution in [1.82, 2.24) is 0 Å². The van der Waals surface area contributed by atoms with E-state index < -0.39 is 0 Å². The van der Waals surface area contributed by atoms with E-state index in [1.807, 2.05) is 17.8 Å². The Hall–Kier alpha value is -0.380. The van der Waals surface area contributed by atoms with Gasteiger partial charge < -0.3 is 10.5 Å². The van der Waals surface area contributed by atoms with Gasteiger partial charge in [0.25, 0.3) is 0 Å². The van der Waals surface area contributed by atoms with Crippen LogP contribution in [0.5, 0.6) is 5.75 Å². The summed E-state index contributed by atoms with van der Waals surface area (Å²) in [5, 5.41) is 0.723. The molecule has 2 aliphatic rings. The Morgan fingerprint density at radius 2 is 2.26 bits per heavy atom. The molecule has 2 fully saturated rings. The van der Waals surface area contributed by atoms with Crippen molar-refractivity contribution < 1.29 is 4.74 Å². The van der Waals surface area contributed by atoms with Crippen LogP contribution in [0.4, 0.5) is 0 Å². The summed E-state index contributed by atoms with van der Waals surface area (Å²) in [5.41, 5.74) is 7.53. The first-order valence-electron chi connectivity index (χ1n) is 6.92. The third-order valence-electron chi connectivity index (χ3n) is 4.35. The average molecular weight is 298 g/mol. The quantitative estimate of drug-likeness (QED) is 0.922. The number of nitrogens with two attached hydrogens (primary N) is 1. The van der Waals surface area contributed by atoms with E-state index in [1.165, 1.54) is 24.2 Å². The van der Waals surface area contributed by atoms with Crippen molar-refractivity contribution in [2.24, 2.45) is 5.73 Å². The predicted molar refractivity (Wildman–Crippen MR) is 82.4 cm³/mol. The molecule has 2 atom stereocenters. The molecule has 3 rings (SSSR count). The fourth-order valence-corrected chi connectivity index (χ4v) is 4.15. The summed E-state index contributed by atoms with van der Waals surface area (Å²) < 4.78 is 5.97. The van der Waals surface area contributed by atoms with Crippen LogP contribution < -0.4 is 10.5 Å². The van der Waals surface area contributed by atoms with Gasteiger partial charge in [-0.3, -0.25) is 0 Å². The molecule has 1 aromatic carbocycles. The highest BCUT2D eigenvalue weighted by Crippen LogP contribution is 2.51. The van der Waals surface area contributed by atoms with E-state index in [2.05, 4.69) is 19.1 Å². The van der Waals surface area contributed by atoms with E-state index in [4.69, 9.17) is 22.1 Å². The van der Waals surface area contributed by atoms with Gasteiger partial charge in [0.15, 0.2) is 0 Å². The lowest BCUT2D eigenvalue weighted by atomic mass is 9.89. The Morgan fingerprint density at radius 1 is 1.47 bits per heavy atom. The molecule has 0 aromatic heterocycles. The number of halogens is 1. The molecule has 0 amide bonds. The van der Waals surface area contributed by atoms with Crippen molar-refractivity contribution in [1.29, 1.82) is 0 Å². The zero-order valence-corrected chi connectivity index (χ0v) is 12.8.